The first kappa shape index (κ1) is 16.2. The van der Waals surface area contributed by atoms with E-state index in [1.54, 1.807) is 16.6 Å². The molecule has 0 bridgehead atoms. The summed E-state index contributed by atoms with van der Waals surface area (Å²) in [6.45, 7) is 3.82. The van der Waals surface area contributed by atoms with Gasteiger partial charge in [0.15, 0.2) is 11.5 Å². The van der Waals surface area contributed by atoms with Crippen LogP contribution in [0.2, 0.25) is 0 Å². The maximum Gasteiger partial charge on any atom is 0.231 e. The minimum Gasteiger partial charge on any atom is -0.480 e. The second-order valence-corrected chi connectivity index (χ2v) is 5.36. The molecule has 1 atom stereocenters. The van der Waals surface area contributed by atoms with Gasteiger partial charge < -0.3 is 15.2 Å². The van der Waals surface area contributed by atoms with E-state index in [9.17, 15) is 9.90 Å². The fraction of sp³-hybridized carbons (Fsp3) is 0.571. The van der Waals surface area contributed by atoms with Gasteiger partial charge in [-0.25, -0.2) is 0 Å². The molecule has 1 unspecified atom stereocenters. The first-order valence-corrected chi connectivity index (χ1v) is 7.20. The number of hydrogen-bond acceptors (Lipinski definition) is 6. The zero-order valence-electron chi connectivity index (χ0n) is 13.0. The summed E-state index contributed by atoms with van der Waals surface area (Å²) in [7, 11) is 1.53. The van der Waals surface area contributed by atoms with Crippen LogP contribution in [0.5, 0.6) is 5.88 Å². The highest BCUT2D eigenvalue weighted by Crippen LogP contribution is 2.10. The zero-order chi connectivity index (χ0) is 16.1. The monoisotopic (exact) mass is 307 g/mol. The number of nitrogens with zero attached hydrogens (tertiary/aromatic N) is 4. The topological polar surface area (TPSA) is 102 Å². The molecule has 2 N–H and O–H groups in total. The van der Waals surface area contributed by atoms with Crippen LogP contribution >= 0.6 is 0 Å². The smallest absolute Gasteiger partial charge is 0.231 e. The van der Waals surface area contributed by atoms with Crippen molar-refractivity contribution in [1.82, 2.24) is 25.1 Å². The van der Waals surface area contributed by atoms with Gasteiger partial charge in [0.1, 0.15) is 0 Å². The summed E-state index contributed by atoms with van der Waals surface area (Å²) in [6, 6.07) is 3.22. The van der Waals surface area contributed by atoms with Crippen LogP contribution < -0.4 is 10.1 Å². The largest absolute Gasteiger partial charge is 0.480 e. The van der Waals surface area contributed by atoms with Crippen molar-refractivity contribution in [3.8, 4) is 5.88 Å². The van der Waals surface area contributed by atoms with Crippen LogP contribution in [0.4, 0.5) is 0 Å². The number of nitrogens with one attached hydrogen (secondary N) is 1. The Labute approximate surface area is 128 Å². The van der Waals surface area contributed by atoms with Crippen molar-refractivity contribution in [3.05, 3.63) is 18.0 Å². The van der Waals surface area contributed by atoms with Gasteiger partial charge in [-0.15, -0.1) is 15.3 Å². The standard InChI is InChI=1S/C14H21N5O3/c1-9(2)10(8-20)15-13(21)6-4-11-16-17-12-5-7-14(22-3)18-19(11)12/h5,7,9-10,20H,4,6,8H2,1-3H3,(H,15,21). The van der Waals surface area contributed by atoms with E-state index in [-0.39, 0.29) is 30.9 Å². The molecule has 120 valence electrons. The Hall–Kier alpha value is -2.22. The molecule has 8 heteroatoms. The number of aliphatic hydroxyl groups is 1. The van der Waals surface area contributed by atoms with E-state index in [4.69, 9.17) is 4.74 Å². The second kappa shape index (κ2) is 7.17. The van der Waals surface area contributed by atoms with Crippen molar-refractivity contribution in [2.24, 2.45) is 5.92 Å². The number of amides is 1. The average molecular weight is 307 g/mol. The molecule has 2 heterocycles. The number of methoxy groups -OCH3 is 1. The fourth-order valence-electron chi connectivity index (χ4n) is 2.01. The van der Waals surface area contributed by atoms with Gasteiger partial charge in [0.2, 0.25) is 11.8 Å². The lowest BCUT2D eigenvalue weighted by Gasteiger charge is -2.19. The van der Waals surface area contributed by atoms with E-state index in [0.717, 1.165) is 0 Å². The number of fused-ring (bicyclic) bond motifs is 1. The van der Waals surface area contributed by atoms with Crippen LogP contribution in [0.1, 0.15) is 26.1 Å². The summed E-state index contributed by atoms with van der Waals surface area (Å²) in [4.78, 5) is 11.9. The predicted octanol–water partition coefficient (Wildman–Crippen LogP) is 0.199. The number of carbonyl (C=O) groups is 1. The molecule has 0 aliphatic rings. The minimum atomic E-state index is -0.235. The van der Waals surface area contributed by atoms with E-state index in [2.05, 4.69) is 20.6 Å². The predicted molar refractivity (Wildman–Crippen MR) is 79.5 cm³/mol. The SMILES string of the molecule is COc1ccc2nnc(CCC(=O)NC(CO)C(C)C)n2n1. The number of carbonyl (C=O) groups excluding carboxylic acids is 1. The van der Waals surface area contributed by atoms with Crippen molar-refractivity contribution in [3.63, 3.8) is 0 Å². The Morgan fingerprint density at radius 3 is 2.82 bits per heavy atom. The summed E-state index contributed by atoms with van der Waals surface area (Å²) in [5.41, 5.74) is 0.603. The molecule has 1 amide bonds. The van der Waals surface area contributed by atoms with Crippen LogP contribution in [0.3, 0.4) is 0 Å². The normalized spacial score (nSPS) is 12.6. The van der Waals surface area contributed by atoms with Gasteiger partial charge >= 0.3 is 0 Å². The molecule has 2 aromatic rings. The van der Waals surface area contributed by atoms with E-state index < -0.39 is 0 Å². The molecule has 0 aliphatic heterocycles. The molecule has 0 radical (unpaired) electrons. The molecular formula is C14H21N5O3. The molecule has 2 aromatic heterocycles. The molecule has 8 nitrogen and oxygen atoms in total. The lowest BCUT2D eigenvalue weighted by molar-refractivity contribution is -0.122. The summed E-state index contributed by atoms with van der Waals surface area (Å²) >= 11 is 0. The van der Waals surface area contributed by atoms with Gasteiger partial charge in [0.05, 0.1) is 19.8 Å². The molecule has 0 spiro atoms. The number of aliphatic hydroxyl groups excluding tert-OH is 1. The van der Waals surface area contributed by atoms with Crippen LogP contribution in [0, 0.1) is 5.92 Å². The number of aryl methyl sites for hydroxylation is 1. The Morgan fingerprint density at radius 2 is 2.18 bits per heavy atom. The second-order valence-electron chi connectivity index (χ2n) is 5.36. The number of ether oxygens (including phenoxy) is 1. The van der Waals surface area contributed by atoms with Crippen LogP contribution in [0.15, 0.2) is 12.1 Å². The van der Waals surface area contributed by atoms with Gasteiger partial charge in [0, 0.05) is 18.9 Å². The van der Waals surface area contributed by atoms with Crippen LogP contribution in [-0.2, 0) is 11.2 Å². The van der Waals surface area contributed by atoms with Crippen molar-refractivity contribution < 1.29 is 14.6 Å². The van der Waals surface area contributed by atoms with E-state index in [1.807, 2.05) is 13.8 Å². The van der Waals surface area contributed by atoms with E-state index in [1.165, 1.54) is 7.11 Å². The Kier molecular flexibility index (Phi) is 5.26. The number of hydrogen-bond donors (Lipinski definition) is 2. The average Bonchev–Trinajstić information content (AvgIpc) is 2.92. The molecule has 0 saturated carbocycles. The molecule has 22 heavy (non-hydrogen) atoms. The molecule has 0 aliphatic carbocycles. The van der Waals surface area contributed by atoms with Crippen molar-refractivity contribution in [1.29, 1.82) is 0 Å². The Balaban J connectivity index is 2.01. The van der Waals surface area contributed by atoms with E-state index in [0.29, 0.717) is 23.8 Å². The molecule has 0 fully saturated rings. The first-order valence-electron chi connectivity index (χ1n) is 7.20. The summed E-state index contributed by atoms with van der Waals surface area (Å²) in [5, 5.41) is 24.3. The molecular weight excluding hydrogens is 286 g/mol. The highest BCUT2D eigenvalue weighted by Gasteiger charge is 2.16. The van der Waals surface area contributed by atoms with Gasteiger partial charge in [-0.3, -0.25) is 4.79 Å². The third-order valence-corrected chi connectivity index (χ3v) is 3.44. The van der Waals surface area contributed by atoms with Crippen molar-refractivity contribution in [2.75, 3.05) is 13.7 Å². The minimum absolute atomic E-state index is 0.0734. The number of rotatable bonds is 7. The van der Waals surface area contributed by atoms with Crippen molar-refractivity contribution >= 4 is 11.6 Å². The molecule has 2 rings (SSSR count). The highest BCUT2D eigenvalue weighted by molar-refractivity contribution is 5.76. The van der Waals surface area contributed by atoms with Crippen LogP contribution in [0.25, 0.3) is 5.65 Å². The molecule has 0 saturated heterocycles. The lowest BCUT2D eigenvalue weighted by Crippen LogP contribution is -2.41. The third kappa shape index (κ3) is 3.70. The Bertz CT molecular complexity index is 640. The van der Waals surface area contributed by atoms with Crippen LogP contribution in [-0.4, -0.2) is 50.6 Å². The van der Waals surface area contributed by atoms with Gasteiger partial charge in [-0.2, -0.15) is 4.52 Å². The summed E-state index contributed by atoms with van der Waals surface area (Å²) < 4.78 is 6.64. The first-order chi connectivity index (χ1) is 10.5. The van der Waals surface area contributed by atoms with Gasteiger partial charge in [0.25, 0.3) is 0 Å². The summed E-state index contributed by atoms with van der Waals surface area (Å²) in [5.74, 6) is 1.09. The van der Waals surface area contributed by atoms with Gasteiger partial charge in [-0.1, -0.05) is 13.8 Å². The Morgan fingerprint density at radius 1 is 1.41 bits per heavy atom. The maximum atomic E-state index is 11.9. The highest BCUT2D eigenvalue weighted by atomic mass is 16.5. The lowest BCUT2D eigenvalue weighted by atomic mass is 10.1. The fourth-order valence-corrected chi connectivity index (χ4v) is 2.01. The van der Waals surface area contributed by atoms with Crippen molar-refractivity contribution in [2.45, 2.75) is 32.7 Å². The summed E-state index contributed by atoms with van der Waals surface area (Å²) in [6.07, 6.45) is 0.659. The molecule has 0 aromatic carbocycles. The quantitative estimate of drug-likeness (QED) is 0.757. The number of aromatic nitrogens is 4. The van der Waals surface area contributed by atoms with Gasteiger partial charge in [-0.05, 0) is 12.0 Å². The van der Waals surface area contributed by atoms with E-state index >= 15 is 0 Å². The zero-order valence-corrected chi connectivity index (χ0v) is 13.0. The third-order valence-electron chi connectivity index (χ3n) is 3.44. The maximum absolute atomic E-state index is 11.9.